The summed E-state index contributed by atoms with van der Waals surface area (Å²) in [5.41, 5.74) is -0.261. The monoisotopic (exact) mass is 439 g/mol. The summed E-state index contributed by atoms with van der Waals surface area (Å²) in [7, 11) is 0. The number of benzene rings is 1. The second-order valence-corrected chi connectivity index (χ2v) is 9.03. The van der Waals surface area contributed by atoms with Crippen LogP contribution in [0.2, 0.25) is 0 Å². The first-order chi connectivity index (χ1) is 13.6. The second kappa shape index (κ2) is 7.80. The van der Waals surface area contributed by atoms with E-state index in [1.807, 2.05) is 0 Å². The number of hydrogen-bond acceptors (Lipinski definition) is 7. The molecule has 2 aromatic rings. The van der Waals surface area contributed by atoms with Gasteiger partial charge in [0, 0.05) is 4.75 Å². The number of carbonyl (C=O) groups is 4. The first-order valence-corrected chi connectivity index (χ1v) is 9.53. The smallest absolute Gasteiger partial charge is 0.480 e. The van der Waals surface area contributed by atoms with Crippen LogP contribution in [0.1, 0.15) is 34.8 Å². The molecule has 3 heterocycles. The van der Waals surface area contributed by atoms with Crippen molar-refractivity contribution < 1.29 is 58.9 Å². The molecule has 2 aliphatic rings. The zero-order chi connectivity index (χ0) is 21.1. The van der Waals surface area contributed by atoms with E-state index in [4.69, 9.17) is 0 Å². The van der Waals surface area contributed by atoms with Gasteiger partial charge in [-0.25, -0.2) is 19.6 Å². The fraction of sp³-hybridized carbons (Fsp3) is 0.333. The Bertz CT molecular complexity index is 1090. The van der Waals surface area contributed by atoms with E-state index < -0.39 is 57.3 Å². The first-order valence-electron chi connectivity index (χ1n) is 8.65. The molecule has 2 saturated heterocycles. The minimum Gasteiger partial charge on any atom is -0.480 e. The Hall–Kier alpha value is -2.21. The van der Waals surface area contributed by atoms with E-state index in [-0.39, 0.29) is 29.6 Å². The average Bonchev–Trinajstić information content (AvgIpc) is 2.92. The van der Waals surface area contributed by atoms with E-state index in [9.17, 15) is 29.4 Å². The Morgan fingerprint density at radius 3 is 2.20 bits per heavy atom. The van der Waals surface area contributed by atoms with Crippen LogP contribution in [0, 0.1) is 0 Å². The normalized spacial score (nSPS) is 23.9. The van der Waals surface area contributed by atoms with Gasteiger partial charge in [-0.15, -0.1) is 11.8 Å². The van der Waals surface area contributed by atoms with Crippen molar-refractivity contribution in [1.82, 2.24) is 20.2 Å². The van der Waals surface area contributed by atoms with Gasteiger partial charge in [0.2, 0.25) is 5.91 Å². The summed E-state index contributed by atoms with van der Waals surface area (Å²) < 4.78 is -0.735. The van der Waals surface area contributed by atoms with Crippen molar-refractivity contribution in [3.8, 4) is 0 Å². The number of β-lactam (4-membered cyclic amide) rings is 1. The van der Waals surface area contributed by atoms with E-state index in [0.29, 0.717) is 11.0 Å². The molecular weight excluding hydrogens is 423 g/mol. The Morgan fingerprint density at radius 1 is 1.10 bits per heavy atom. The van der Waals surface area contributed by atoms with Gasteiger partial charge in [-0.2, -0.15) is 0 Å². The number of thioether (sulfide) groups is 1. The number of amides is 2. The Kier molecular flexibility index (Phi) is 5.84. The van der Waals surface area contributed by atoms with Crippen molar-refractivity contribution in [2.75, 3.05) is 0 Å². The number of carbonyl (C=O) groups excluding carboxylic acids is 2. The molecule has 1 aromatic heterocycles. The van der Waals surface area contributed by atoms with Crippen molar-refractivity contribution in [2.24, 2.45) is 0 Å². The molecule has 0 saturated carbocycles. The third-order valence-electron chi connectivity index (χ3n) is 4.95. The van der Waals surface area contributed by atoms with Crippen molar-refractivity contribution in [1.29, 1.82) is 0 Å². The maximum absolute atomic E-state index is 12.8. The third-order valence-corrected chi connectivity index (χ3v) is 6.52. The zero-order valence-corrected chi connectivity index (χ0v) is 19.1. The van der Waals surface area contributed by atoms with Crippen LogP contribution in [0.4, 0.5) is 0 Å². The summed E-state index contributed by atoms with van der Waals surface area (Å²) in [4.78, 5) is 57.7. The van der Waals surface area contributed by atoms with Gasteiger partial charge in [0.05, 0.1) is 11.0 Å². The summed E-state index contributed by atoms with van der Waals surface area (Å²) in [5.74, 6) is -3.91. The van der Waals surface area contributed by atoms with Crippen LogP contribution >= 0.6 is 11.8 Å². The van der Waals surface area contributed by atoms with Crippen LogP contribution < -0.4 is 34.9 Å². The molecule has 1 aromatic carbocycles. The van der Waals surface area contributed by atoms with Gasteiger partial charge in [-0.05, 0) is 26.0 Å². The van der Waals surface area contributed by atoms with Gasteiger partial charge in [0.25, 0.3) is 5.91 Å². The van der Waals surface area contributed by atoms with E-state index in [1.165, 1.54) is 16.7 Å². The topological polar surface area (TPSA) is 150 Å². The molecule has 0 radical (unpaired) electrons. The van der Waals surface area contributed by atoms with Crippen LogP contribution in [-0.2, 0) is 9.59 Å². The largest absolute Gasteiger partial charge is 1.00 e. The fourth-order valence-electron chi connectivity index (χ4n) is 3.66. The number of rotatable bonds is 4. The number of fused-ring (bicyclic) bond motifs is 2. The molecule has 150 valence electrons. The van der Waals surface area contributed by atoms with E-state index in [0.717, 1.165) is 0 Å². The van der Waals surface area contributed by atoms with Crippen LogP contribution in [0.5, 0.6) is 0 Å². The van der Waals surface area contributed by atoms with E-state index in [1.54, 1.807) is 38.1 Å². The van der Waals surface area contributed by atoms with Gasteiger partial charge in [-0.1, -0.05) is 12.1 Å². The number of nitrogens with zero attached hydrogens (tertiary/aromatic N) is 3. The average molecular weight is 439 g/mol. The minimum absolute atomic E-state index is 0. The van der Waals surface area contributed by atoms with Crippen molar-refractivity contribution in [3.63, 3.8) is 0 Å². The molecule has 0 unspecified atom stereocenters. The van der Waals surface area contributed by atoms with Gasteiger partial charge in [0.1, 0.15) is 17.5 Å². The molecule has 12 heteroatoms. The standard InChI is InChI=1S/C18H16N4O6S.Na/c1-18(2)12(17(27)28)22-14(24)11(15(22)29-18)21-13(23)9-10(16(25)26)20-8-6-4-3-5-7(8)19-9;/h3-6,11-12,15H,1-2H3,(H,21,23)(H,25,26)(H,27,28);/q;+1/t11-,12+,15-;/m1./s1. The Morgan fingerprint density at radius 2 is 1.67 bits per heavy atom. The number of carboxylic acids is 2. The molecule has 2 amide bonds. The number of carboxylic acid groups (broad SMARTS) is 2. The molecule has 3 N–H and O–H groups in total. The van der Waals surface area contributed by atoms with Crippen molar-refractivity contribution in [2.45, 2.75) is 36.1 Å². The summed E-state index contributed by atoms with van der Waals surface area (Å²) in [6, 6.07) is 4.54. The number of aliphatic carboxylic acids is 1. The summed E-state index contributed by atoms with van der Waals surface area (Å²) in [6.45, 7) is 3.44. The molecule has 10 nitrogen and oxygen atoms in total. The SMILES string of the molecule is CC1(C)S[C@@H]2[C@H](NC(=O)c3nc4ccccc4nc3C(=O)O)C(=O)N2[C@H]1C(=O)O.[Na+]. The van der Waals surface area contributed by atoms with Gasteiger partial charge < -0.3 is 20.4 Å². The maximum Gasteiger partial charge on any atom is 1.00 e. The van der Waals surface area contributed by atoms with Crippen LogP contribution in [0.3, 0.4) is 0 Å². The molecule has 30 heavy (non-hydrogen) atoms. The summed E-state index contributed by atoms with van der Waals surface area (Å²) in [6.07, 6.45) is 0. The number of hydrogen-bond donors (Lipinski definition) is 3. The van der Waals surface area contributed by atoms with Gasteiger partial charge in [-0.3, -0.25) is 9.59 Å². The van der Waals surface area contributed by atoms with Crippen LogP contribution in [0.15, 0.2) is 24.3 Å². The summed E-state index contributed by atoms with van der Waals surface area (Å²) in [5, 5.41) is 20.8. The maximum atomic E-state index is 12.8. The molecule has 0 spiro atoms. The number of nitrogens with one attached hydrogen (secondary N) is 1. The van der Waals surface area contributed by atoms with E-state index >= 15 is 0 Å². The second-order valence-electron chi connectivity index (χ2n) is 7.26. The third kappa shape index (κ3) is 3.45. The molecule has 2 fully saturated rings. The Labute approximate surface area is 196 Å². The molecule has 2 aliphatic heterocycles. The van der Waals surface area contributed by atoms with Crippen molar-refractivity contribution in [3.05, 3.63) is 35.7 Å². The minimum atomic E-state index is -1.42. The number of aromatic nitrogens is 2. The predicted molar refractivity (Wildman–Crippen MR) is 101 cm³/mol. The van der Waals surface area contributed by atoms with Crippen LogP contribution in [-0.4, -0.2) is 71.0 Å². The van der Waals surface area contributed by atoms with Crippen molar-refractivity contribution >= 4 is 46.5 Å². The van der Waals surface area contributed by atoms with Gasteiger partial charge in [0.15, 0.2) is 11.4 Å². The fourth-order valence-corrected chi connectivity index (χ4v) is 5.29. The zero-order valence-electron chi connectivity index (χ0n) is 16.3. The molecule has 3 atom stereocenters. The molecular formula is C18H16N4NaO6S+. The number of para-hydroxylation sites is 2. The molecule has 0 aliphatic carbocycles. The predicted octanol–water partition coefficient (Wildman–Crippen LogP) is -2.42. The molecule has 4 rings (SSSR count). The van der Waals surface area contributed by atoms with E-state index in [2.05, 4.69) is 15.3 Å². The number of aromatic carboxylic acids is 1. The first kappa shape index (κ1) is 22.5. The molecule has 0 bridgehead atoms. The van der Waals surface area contributed by atoms with Gasteiger partial charge >= 0.3 is 41.5 Å². The summed E-state index contributed by atoms with van der Waals surface area (Å²) >= 11 is 1.27. The Balaban J connectivity index is 0.00000256. The quantitative estimate of drug-likeness (QED) is 0.349. The van der Waals surface area contributed by atoms with Crippen LogP contribution in [0.25, 0.3) is 11.0 Å².